The van der Waals surface area contributed by atoms with Gasteiger partial charge in [0.05, 0.1) is 17.7 Å². The van der Waals surface area contributed by atoms with Gasteiger partial charge in [-0.05, 0) is 29.8 Å². The number of nitrogens with zero attached hydrogens (tertiary/aromatic N) is 2. The van der Waals surface area contributed by atoms with E-state index in [9.17, 15) is 8.42 Å². The van der Waals surface area contributed by atoms with Gasteiger partial charge < -0.3 is 4.74 Å². The zero-order valence-electron chi connectivity index (χ0n) is 10.5. The van der Waals surface area contributed by atoms with Crippen molar-refractivity contribution in [3.63, 3.8) is 0 Å². The van der Waals surface area contributed by atoms with Crippen molar-refractivity contribution in [3.8, 4) is 5.75 Å². The molecular weight excluding hydrogens is 266 g/mol. The van der Waals surface area contributed by atoms with E-state index in [4.69, 9.17) is 9.88 Å². The van der Waals surface area contributed by atoms with Crippen LogP contribution in [0.25, 0.3) is 0 Å². The Morgan fingerprint density at radius 2 is 2.00 bits per heavy atom. The number of aryl methyl sites for hydroxylation is 1. The smallest absolute Gasteiger partial charge is 0.238 e. The Hall–Kier alpha value is -1.86. The lowest BCUT2D eigenvalue weighted by atomic mass is 10.3. The lowest BCUT2D eigenvalue weighted by molar-refractivity contribution is 0.321. The van der Waals surface area contributed by atoms with E-state index in [-0.39, 0.29) is 4.90 Å². The fourth-order valence-corrected chi connectivity index (χ4v) is 2.13. The van der Waals surface area contributed by atoms with Crippen LogP contribution in [-0.4, -0.2) is 24.8 Å². The highest BCUT2D eigenvalue weighted by Crippen LogP contribution is 2.15. The number of aromatic nitrogens is 2. The highest BCUT2D eigenvalue weighted by atomic mass is 32.2. The van der Waals surface area contributed by atoms with Crippen LogP contribution in [0.15, 0.2) is 41.6 Å². The van der Waals surface area contributed by atoms with Gasteiger partial charge in [0.1, 0.15) is 5.75 Å². The first-order valence-electron chi connectivity index (χ1n) is 5.68. The van der Waals surface area contributed by atoms with E-state index in [0.717, 1.165) is 12.0 Å². The van der Waals surface area contributed by atoms with E-state index >= 15 is 0 Å². The van der Waals surface area contributed by atoms with Crippen LogP contribution >= 0.6 is 0 Å². The minimum Gasteiger partial charge on any atom is -0.493 e. The quantitative estimate of drug-likeness (QED) is 0.873. The Balaban J connectivity index is 1.90. The summed E-state index contributed by atoms with van der Waals surface area (Å²) in [4.78, 5) is 0.0760. The molecule has 0 unspecified atom stereocenters. The molecule has 1 aromatic carbocycles. The van der Waals surface area contributed by atoms with Gasteiger partial charge >= 0.3 is 0 Å². The molecule has 0 bridgehead atoms. The summed E-state index contributed by atoms with van der Waals surface area (Å²) in [6.45, 7) is 0.500. The van der Waals surface area contributed by atoms with Crippen molar-refractivity contribution in [1.82, 2.24) is 9.78 Å². The molecule has 1 heterocycles. The monoisotopic (exact) mass is 281 g/mol. The molecule has 0 amide bonds. The lowest BCUT2D eigenvalue weighted by Crippen LogP contribution is -2.11. The molecule has 2 aromatic rings. The number of rotatable bonds is 5. The second-order valence-electron chi connectivity index (χ2n) is 4.14. The highest BCUT2D eigenvalue weighted by molar-refractivity contribution is 7.89. The number of sulfonamides is 1. The van der Waals surface area contributed by atoms with E-state index in [1.54, 1.807) is 23.0 Å². The lowest BCUT2D eigenvalue weighted by Gasteiger charge is -2.05. The van der Waals surface area contributed by atoms with Crippen molar-refractivity contribution < 1.29 is 13.2 Å². The zero-order chi connectivity index (χ0) is 13.9. The standard InChI is InChI=1S/C12H15N3O3S/c1-15-9-10(8-14-15)6-7-18-11-2-4-12(5-3-11)19(13,16)17/h2-5,8-9H,6-7H2,1H3,(H2,13,16,17). The van der Waals surface area contributed by atoms with Gasteiger partial charge in [-0.15, -0.1) is 0 Å². The Morgan fingerprint density at radius 3 is 2.53 bits per heavy atom. The van der Waals surface area contributed by atoms with E-state index in [1.165, 1.54) is 12.1 Å². The molecule has 0 saturated heterocycles. The molecule has 1 aromatic heterocycles. The van der Waals surface area contributed by atoms with Crippen LogP contribution in [-0.2, 0) is 23.5 Å². The van der Waals surface area contributed by atoms with Crippen molar-refractivity contribution in [2.75, 3.05) is 6.61 Å². The molecule has 7 heteroatoms. The van der Waals surface area contributed by atoms with Crippen LogP contribution in [0.5, 0.6) is 5.75 Å². The highest BCUT2D eigenvalue weighted by Gasteiger charge is 2.06. The first-order chi connectivity index (χ1) is 8.95. The van der Waals surface area contributed by atoms with Crippen LogP contribution in [0, 0.1) is 0 Å². The molecule has 0 atom stereocenters. The maximum absolute atomic E-state index is 11.1. The number of ether oxygens (including phenoxy) is 1. The number of nitrogens with two attached hydrogens (primary N) is 1. The molecule has 0 aliphatic rings. The molecule has 0 saturated carbocycles. The second-order valence-corrected chi connectivity index (χ2v) is 5.70. The molecule has 2 N–H and O–H groups in total. The fourth-order valence-electron chi connectivity index (χ4n) is 1.61. The van der Waals surface area contributed by atoms with Gasteiger partial charge in [-0.3, -0.25) is 4.68 Å². The minimum atomic E-state index is -3.65. The normalized spacial score (nSPS) is 11.5. The molecule has 19 heavy (non-hydrogen) atoms. The molecule has 0 radical (unpaired) electrons. The Kier molecular flexibility index (Phi) is 3.87. The third-order valence-corrected chi connectivity index (χ3v) is 3.50. The minimum absolute atomic E-state index is 0.0760. The Morgan fingerprint density at radius 1 is 1.32 bits per heavy atom. The molecule has 102 valence electrons. The van der Waals surface area contributed by atoms with Gasteiger partial charge in [0.25, 0.3) is 0 Å². The number of benzene rings is 1. The van der Waals surface area contributed by atoms with Crippen molar-refractivity contribution in [2.24, 2.45) is 12.2 Å². The topological polar surface area (TPSA) is 87.2 Å². The average molecular weight is 281 g/mol. The summed E-state index contributed by atoms with van der Waals surface area (Å²) in [5.41, 5.74) is 1.09. The molecule has 0 aliphatic carbocycles. The molecule has 6 nitrogen and oxygen atoms in total. The molecule has 0 fully saturated rings. The summed E-state index contributed by atoms with van der Waals surface area (Å²) >= 11 is 0. The largest absolute Gasteiger partial charge is 0.493 e. The van der Waals surface area contributed by atoms with Crippen molar-refractivity contribution in [1.29, 1.82) is 0 Å². The SMILES string of the molecule is Cn1cc(CCOc2ccc(S(N)(=O)=O)cc2)cn1. The van der Waals surface area contributed by atoms with Gasteiger partial charge in [-0.2, -0.15) is 5.10 Å². The predicted octanol–water partition coefficient (Wildman–Crippen LogP) is 0.689. The van der Waals surface area contributed by atoms with E-state index in [1.807, 2.05) is 13.2 Å². The zero-order valence-corrected chi connectivity index (χ0v) is 11.3. The molecule has 0 spiro atoms. The van der Waals surface area contributed by atoms with E-state index in [0.29, 0.717) is 12.4 Å². The van der Waals surface area contributed by atoms with Crippen LogP contribution < -0.4 is 9.88 Å². The van der Waals surface area contributed by atoms with Gasteiger partial charge in [-0.25, -0.2) is 13.6 Å². The van der Waals surface area contributed by atoms with Crippen molar-refractivity contribution in [3.05, 3.63) is 42.2 Å². The summed E-state index contributed by atoms with van der Waals surface area (Å²) in [5, 5.41) is 9.07. The number of hydrogen-bond acceptors (Lipinski definition) is 4. The van der Waals surface area contributed by atoms with Crippen LogP contribution in [0.3, 0.4) is 0 Å². The summed E-state index contributed by atoms with van der Waals surface area (Å²) in [5.74, 6) is 0.608. The number of primary sulfonamides is 1. The van der Waals surface area contributed by atoms with Gasteiger partial charge in [0.15, 0.2) is 0 Å². The third-order valence-electron chi connectivity index (χ3n) is 2.57. The average Bonchev–Trinajstić information content (AvgIpc) is 2.75. The maximum atomic E-state index is 11.1. The Bertz CT molecular complexity index is 647. The van der Waals surface area contributed by atoms with E-state index in [2.05, 4.69) is 5.10 Å². The summed E-state index contributed by atoms with van der Waals surface area (Å²) < 4.78 is 29.4. The predicted molar refractivity (Wildman–Crippen MR) is 70.2 cm³/mol. The second kappa shape index (κ2) is 5.41. The van der Waals surface area contributed by atoms with Crippen molar-refractivity contribution >= 4 is 10.0 Å². The number of hydrogen-bond donors (Lipinski definition) is 1. The van der Waals surface area contributed by atoms with Gasteiger partial charge in [-0.1, -0.05) is 0 Å². The summed E-state index contributed by atoms with van der Waals surface area (Å²) in [7, 11) is -1.79. The van der Waals surface area contributed by atoms with Crippen LogP contribution in [0.4, 0.5) is 0 Å². The van der Waals surface area contributed by atoms with Crippen molar-refractivity contribution in [2.45, 2.75) is 11.3 Å². The maximum Gasteiger partial charge on any atom is 0.238 e. The van der Waals surface area contributed by atoms with E-state index < -0.39 is 10.0 Å². The first kappa shape index (κ1) is 13.6. The third kappa shape index (κ3) is 3.80. The van der Waals surface area contributed by atoms with Crippen LogP contribution in [0.1, 0.15) is 5.56 Å². The first-order valence-corrected chi connectivity index (χ1v) is 7.23. The van der Waals surface area contributed by atoms with Gasteiger partial charge in [0, 0.05) is 19.7 Å². The molecular formula is C12H15N3O3S. The Labute approximate surface area is 111 Å². The molecule has 0 aliphatic heterocycles. The molecule has 2 rings (SSSR count). The van der Waals surface area contributed by atoms with Crippen LogP contribution in [0.2, 0.25) is 0 Å². The fraction of sp³-hybridized carbons (Fsp3) is 0.250. The summed E-state index contributed by atoms with van der Waals surface area (Å²) in [6, 6.07) is 6.02. The van der Waals surface area contributed by atoms with Gasteiger partial charge in [0.2, 0.25) is 10.0 Å². The summed E-state index contributed by atoms with van der Waals surface area (Å²) in [6.07, 6.45) is 4.45.